The van der Waals surface area contributed by atoms with E-state index in [0.29, 0.717) is 0 Å². The Bertz CT molecular complexity index is 844. The number of nitrogens with one attached hydrogen (secondary N) is 1. The van der Waals surface area contributed by atoms with Gasteiger partial charge in [-0.1, -0.05) is 17.3 Å². The first-order chi connectivity index (χ1) is 15.7. The van der Waals surface area contributed by atoms with Crippen LogP contribution in [0.4, 0.5) is 5.69 Å². The Hall–Kier alpha value is -1.85. The molecule has 1 aromatic heterocycles. The largest absolute Gasteiger partial charge is 0.369 e. The van der Waals surface area contributed by atoms with Crippen molar-refractivity contribution in [2.45, 2.75) is 19.9 Å². The van der Waals surface area contributed by atoms with Crippen LogP contribution in [0.25, 0.3) is 0 Å². The van der Waals surface area contributed by atoms with Gasteiger partial charge >= 0.3 is 0 Å². The second kappa shape index (κ2) is 13.1. The van der Waals surface area contributed by atoms with Gasteiger partial charge in [0.25, 0.3) is 0 Å². The summed E-state index contributed by atoms with van der Waals surface area (Å²) in [6, 6.07) is 10.8. The van der Waals surface area contributed by atoms with Gasteiger partial charge in [0.2, 0.25) is 0 Å². The summed E-state index contributed by atoms with van der Waals surface area (Å²) in [5.41, 5.74) is 3.69. The highest BCUT2D eigenvalue weighted by atomic mass is 127. The molecule has 2 aliphatic rings. The van der Waals surface area contributed by atoms with Crippen LogP contribution in [0, 0.1) is 6.92 Å². The molecule has 3 heterocycles. The van der Waals surface area contributed by atoms with Gasteiger partial charge in [0.1, 0.15) is 6.26 Å². The molecule has 9 heteroatoms. The van der Waals surface area contributed by atoms with Gasteiger partial charge in [0.15, 0.2) is 5.96 Å². The highest BCUT2D eigenvalue weighted by Crippen LogP contribution is 2.17. The first-order valence-corrected chi connectivity index (χ1v) is 11.8. The van der Waals surface area contributed by atoms with Gasteiger partial charge in [-0.15, -0.1) is 24.0 Å². The minimum Gasteiger partial charge on any atom is -0.369 e. The van der Waals surface area contributed by atoms with Gasteiger partial charge in [-0.2, -0.15) is 0 Å². The summed E-state index contributed by atoms with van der Waals surface area (Å²) in [4.78, 5) is 14.4. The molecular weight excluding hydrogens is 529 g/mol. The van der Waals surface area contributed by atoms with Crippen molar-refractivity contribution in [1.82, 2.24) is 25.2 Å². The first kappa shape index (κ1) is 25.8. The number of aliphatic imine (C=N–C) groups is 1. The Balaban J connectivity index is 0.00000306. The lowest BCUT2D eigenvalue weighted by atomic mass is 10.2. The molecule has 0 amide bonds. The van der Waals surface area contributed by atoms with Gasteiger partial charge in [-0.3, -0.25) is 14.8 Å². The van der Waals surface area contributed by atoms with Crippen LogP contribution in [0.2, 0.25) is 0 Å². The van der Waals surface area contributed by atoms with Crippen LogP contribution < -0.4 is 10.2 Å². The Morgan fingerprint density at radius 1 is 1.03 bits per heavy atom. The summed E-state index contributed by atoms with van der Waals surface area (Å²) in [7, 11) is 1.88. The lowest BCUT2D eigenvalue weighted by molar-refractivity contribution is 0.169. The SMILES string of the molecule is CN=C(NCCCN1CCN(c2cccc(C)c2)CC1)N1CCN(Cc2ccon2)CC1.I. The average molecular weight is 568 g/mol. The third-order valence-electron chi connectivity index (χ3n) is 6.43. The second-order valence-corrected chi connectivity index (χ2v) is 8.75. The van der Waals surface area contributed by atoms with E-state index in [-0.39, 0.29) is 24.0 Å². The van der Waals surface area contributed by atoms with Crippen LogP contribution in [0.15, 0.2) is 46.1 Å². The monoisotopic (exact) mass is 567 g/mol. The zero-order valence-corrected chi connectivity index (χ0v) is 22.3. The van der Waals surface area contributed by atoms with E-state index in [4.69, 9.17) is 4.52 Å². The molecule has 2 fully saturated rings. The topological polar surface area (TPSA) is 63.4 Å². The lowest BCUT2D eigenvalue weighted by Crippen LogP contribution is -2.52. The van der Waals surface area contributed by atoms with Crippen LogP contribution in [0.5, 0.6) is 0 Å². The van der Waals surface area contributed by atoms with E-state index in [1.165, 1.54) is 11.3 Å². The molecule has 2 aromatic rings. The fraction of sp³-hybridized carbons (Fsp3) is 0.583. The molecule has 2 aliphatic heterocycles. The fourth-order valence-electron chi connectivity index (χ4n) is 4.56. The van der Waals surface area contributed by atoms with Gasteiger partial charge in [0.05, 0.1) is 5.69 Å². The molecule has 8 nitrogen and oxygen atoms in total. The van der Waals surface area contributed by atoms with Crippen LogP contribution in [0.1, 0.15) is 17.7 Å². The van der Waals surface area contributed by atoms with Crippen LogP contribution in [-0.4, -0.2) is 98.3 Å². The number of hydrogen-bond acceptors (Lipinski definition) is 6. The molecule has 0 aliphatic carbocycles. The van der Waals surface area contributed by atoms with Crippen LogP contribution in [0.3, 0.4) is 0 Å². The quantitative estimate of drug-likeness (QED) is 0.239. The van der Waals surface area contributed by atoms with Crippen molar-refractivity contribution in [2.24, 2.45) is 4.99 Å². The molecule has 0 atom stereocenters. The van der Waals surface area contributed by atoms with Gasteiger partial charge in [0, 0.05) is 84.2 Å². The van der Waals surface area contributed by atoms with Crippen molar-refractivity contribution in [2.75, 3.05) is 77.4 Å². The minimum absolute atomic E-state index is 0. The zero-order valence-electron chi connectivity index (χ0n) is 19.9. The number of nitrogens with zero attached hydrogens (tertiary/aromatic N) is 6. The molecular formula is C24H38IN7O. The van der Waals surface area contributed by atoms with E-state index in [0.717, 1.165) is 90.1 Å². The maximum Gasteiger partial charge on any atom is 0.193 e. The van der Waals surface area contributed by atoms with E-state index in [1.807, 2.05) is 13.1 Å². The minimum atomic E-state index is 0. The Morgan fingerprint density at radius 3 is 2.45 bits per heavy atom. The number of guanidine groups is 1. The van der Waals surface area contributed by atoms with Crippen molar-refractivity contribution >= 4 is 35.6 Å². The third-order valence-corrected chi connectivity index (χ3v) is 6.43. The standard InChI is InChI=1S/C24H37N7O.HI/c1-21-5-3-6-23(19-21)30-14-10-28(11-15-30)9-4-8-26-24(25-2)31-16-12-29(13-17-31)20-22-7-18-32-27-22;/h3,5-7,18-19H,4,8-17,20H2,1-2H3,(H,25,26);1H. The number of aryl methyl sites for hydroxylation is 1. The number of piperazine rings is 2. The smallest absolute Gasteiger partial charge is 0.193 e. The summed E-state index contributed by atoms with van der Waals surface area (Å²) < 4.78 is 4.94. The molecule has 33 heavy (non-hydrogen) atoms. The summed E-state index contributed by atoms with van der Waals surface area (Å²) in [5.74, 6) is 1.02. The lowest BCUT2D eigenvalue weighted by Gasteiger charge is -2.37. The Kier molecular flexibility index (Phi) is 10.3. The van der Waals surface area contributed by atoms with Gasteiger partial charge in [-0.05, 0) is 37.6 Å². The third kappa shape index (κ3) is 7.58. The average Bonchev–Trinajstić information content (AvgIpc) is 3.33. The number of anilines is 1. The van der Waals surface area contributed by atoms with Crippen LogP contribution >= 0.6 is 24.0 Å². The highest BCUT2D eigenvalue weighted by Gasteiger charge is 2.20. The molecule has 2 saturated heterocycles. The maximum absolute atomic E-state index is 4.94. The van der Waals surface area contributed by atoms with Gasteiger partial charge in [-0.25, -0.2) is 0 Å². The molecule has 0 radical (unpaired) electrons. The number of benzene rings is 1. The summed E-state index contributed by atoms with van der Waals surface area (Å²) in [5, 5.41) is 7.59. The number of hydrogen-bond donors (Lipinski definition) is 1. The maximum atomic E-state index is 4.94. The fourth-order valence-corrected chi connectivity index (χ4v) is 4.56. The van der Waals surface area contributed by atoms with E-state index < -0.39 is 0 Å². The van der Waals surface area contributed by atoms with E-state index in [1.54, 1.807) is 6.26 Å². The van der Waals surface area contributed by atoms with Crippen molar-refractivity contribution in [1.29, 1.82) is 0 Å². The molecule has 0 saturated carbocycles. The van der Waals surface area contributed by atoms with Crippen molar-refractivity contribution in [3.05, 3.63) is 47.9 Å². The van der Waals surface area contributed by atoms with E-state index >= 15 is 0 Å². The predicted molar refractivity (Wildman–Crippen MR) is 145 cm³/mol. The van der Waals surface area contributed by atoms with E-state index in [2.05, 4.69) is 66.3 Å². The van der Waals surface area contributed by atoms with Crippen molar-refractivity contribution in [3.63, 3.8) is 0 Å². The Labute approximate surface area is 215 Å². The predicted octanol–water partition coefficient (Wildman–Crippen LogP) is 2.51. The first-order valence-electron chi connectivity index (χ1n) is 11.8. The zero-order chi connectivity index (χ0) is 22.2. The number of halogens is 1. The molecule has 1 aromatic carbocycles. The van der Waals surface area contributed by atoms with Crippen molar-refractivity contribution < 1.29 is 4.52 Å². The number of aromatic nitrogens is 1. The molecule has 0 spiro atoms. The van der Waals surface area contributed by atoms with Crippen molar-refractivity contribution in [3.8, 4) is 0 Å². The molecule has 0 unspecified atom stereocenters. The molecule has 1 N–H and O–H groups in total. The highest BCUT2D eigenvalue weighted by molar-refractivity contribution is 14.0. The van der Waals surface area contributed by atoms with E-state index in [9.17, 15) is 0 Å². The molecule has 182 valence electrons. The van der Waals surface area contributed by atoms with Gasteiger partial charge < -0.3 is 19.6 Å². The summed E-state index contributed by atoms with van der Waals surface area (Å²) in [6.45, 7) is 13.6. The summed E-state index contributed by atoms with van der Waals surface area (Å²) >= 11 is 0. The normalized spacial score (nSPS) is 18.3. The second-order valence-electron chi connectivity index (χ2n) is 8.75. The summed E-state index contributed by atoms with van der Waals surface area (Å²) in [6.07, 6.45) is 2.77. The molecule has 4 rings (SSSR count). The van der Waals surface area contributed by atoms with Crippen LogP contribution in [-0.2, 0) is 6.54 Å². The number of rotatable bonds is 7. The molecule has 0 bridgehead atoms. The Morgan fingerprint density at radius 2 is 1.79 bits per heavy atom.